The van der Waals surface area contributed by atoms with Crippen LogP contribution < -0.4 is 15.4 Å². The number of ether oxygens (including phenoxy) is 1. The molecule has 0 fully saturated rings. The molecular weight excluding hydrogens is 376 g/mol. The van der Waals surface area contributed by atoms with E-state index >= 15 is 0 Å². The highest BCUT2D eigenvalue weighted by molar-refractivity contribution is 5.85. The maximum Gasteiger partial charge on any atom is 0.243 e. The molecule has 2 aromatic carbocycles. The highest BCUT2D eigenvalue weighted by atomic mass is 16.5. The highest BCUT2D eigenvalue weighted by Crippen LogP contribution is 2.14. The maximum atomic E-state index is 12.0. The van der Waals surface area contributed by atoms with Gasteiger partial charge < -0.3 is 20.3 Å². The number of nitrogens with one attached hydrogen (secondary N) is 2. The van der Waals surface area contributed by atoms with Gasteiger partial charge in [-0.15, -0.1) is 0 Å². The molecule has 0 bridgehead atoms. The Morgan fingerprint density at radius 2 is 1.73 bits per heavy atom. The fourth-order valence-electron chi connectivity index (χ4n) is 2.98. The summed E-state index contributed by atoms with van der Waals surface area (Å²) in [7, 11) is 5.15. The molecule has 162 valence electrons. The Kier molecular flexibility index (Phi) is 9.19. The van der Waals surface area contributed by atoms with Crippen LogP contribution in [0.5, 0.6) is 5.75 Å². The number of hydrogen-bond acceptors (Lipinski definition) is 3. The van der Waals surface area contributed by atoms with Gasteiger partial charge in [0.05, 0.1) is 13.2 Å². The van der Waals surface area contributed by atoms with Crippen LogP contribution in [0.25, 0.3) is 0 Å². The molecule has 0 radical (unpaired) electrons. The summed E-state index contributed by atoms with van der Waals surface area (Å²) in [4.78, 5) is 18.0. The number of aliphatic imine (C=N–C) groups is 1. The molecule has 1 amide bonds. The number of rotatable bonds is 9. The first kappa shape index (κ1) is 23.3. The van der Waals surface area contributed by atoms with Gasteiger partial charge in [-0.1, -0.05) is 49.4 Å². The van der Waals surface area contributed by atoms with E-state index in [0.717, 1.165) is 24.3 Å². The normalized spacial score (nSPS) is 13.3. The molecule has 2 rings (SSSR count). The molecular formula is C24H34N4O2. The van der Waals surface area contributed by atoms with Gasteiger partial charge in [-0.2, -0.15) is 0 Å². The van der Waals surface area contributed by atoms with Crippen LogP contribution in [-0.4, -0.2) is 51.1 Å². The van der Waals surface area contributed by atoms with Crippen molar-refractivity contribution in [3.05, 3.63) is 65.7 Å². The number of amides is 1. The summed E-state index contributed by atoms with van der Waals surface area (Å²) in [5.74, 6) is 1.86. The molecule has 2 N–H and O–H groups in total. The van der Waals surface area contributed by atoms with E-state index < -0.39 is 0 Å². The number of methoxy groups -OCH3 is 1. The van der Waals surface area contributed by atoms with Gasteiger partial charge in [0.15, 0.2) is 5.96 Å². The van der Waals surface area contributed by atoms with E-state index in [0.29, 0.717) is 11.9 Å². The van der Waals surface area contributed by atoms with Crippen molar-refractivity contribution < 1.29 is 9.53 Å². The lowest BCUT2D eigenvalue weighted by Gasteiger charge is -2.21. The van der Waals surface area contributed by atoms with E-state index in [2.05, 4.69) is 53.7 Å². The molecule has 30 heavy (non-hydrogen) atoms. The van der Waals surface area contributed by atoms with E-state index in [9.17, 15) is 4.79 Å². The Bertz CT molecular complexity index is 804. The Balaban J connectivity index is 1.98. The molecule has 0 aliphatic heterocycles. The van der Waals surface area contributed by atoms with E-state index in [-0.39, 0.29) is 18.5 Å². The van der Waals surface area contributed by atoms with Crippen molar-refractivity contribution >= 4 is 11.9 Å². The quantitative estimate of drug-likeness (QED) is 0.492. The fraction of sp³-hybridized carbons (Fsp3) is 0.417. The molecule has 0 aromatic heterocycles. The monoisotopic (exact) mass is 410 g/mol. The number of hydrogen-bond donors (Lipinski definition) is 2. The largest absolute Gasteiger partial charge is 0.497 e. The first-order chi connectivity index (χ1) is 14.4. The molecule has 2 atom stereocenters. The van der Waals surface area contributed by atoms with Gasteiger partial charge >= 0.3 is 0 Å². The van der Waals surface area contributed by atoms with Crippen molar-refractivity contribution in [1.29, 1.82) is 0 Å². The van der Waals surface area contributed by atoms with Crippen molar-refractivity contribution in [3.63, 3.8) is 0 Å². The van der Waals surface area contributed by atoms with Gasteiger partial charge in [0.1, 0.15) is 12.3 Å². The first-order valence-electron chi connectivity index (χ1n) is 10.3. The Labute approximate surface area is 180 Å². The number of carbonyl (C=O) groups is 1. The van der Waals surface area contributed by atoms with Crippen LogP contribution in [0.1, 0.15) is 31.0 Å². The van der Waals surface area contributed by atoms with Gasteiger partial charge in [-0.25, -0.2) is 4.99 Å². The SMILES string of the molecule is COc1ccc(CC(C)CNC(=NCC(=O)N(C)C)NC(C)c2ccccc2)cc1. The second-order valence-electron chi connectivity index (χ2n) is 7.77. The minimum Gasteiger partial charge on any atom is -0.497 e. The highest BCUT2D eigenvalue weighted by Gasteiger charge is 2.11. The molecule has 0 aliphatic rings. The summed E-state index contributed by atoms with van der Waals surface area (Å²) in [6.07, 6.45) is 0.940. The molecule has 0 saturated carbocycles. The third-order valence-corrected chi connectivity index (χ3v) is 4.89. The number of benzene rings is 2. The zero-order chi connectivity index (χ0) is 21.9. The molecule has 0 saturated heterocycles. The van der Waals surface area contributed by atoms with Crippen molar-refractivity contribution in [2.45, 2.75) is 26.3 Å². The predicted molar refractivity (Wildman–Crippen MR) is 123 cm³/mol. The molecule has 2 aromatic rings. The van der Waals surface area contributed by atoms with Crippen LogP contribution in [0.15, 0.2) is 59.6 Å². The molecule has 2 unspecified atom stereocenters. The summed E-state index contributed by atoms with van der Waals surface area (Å²) in [5.41, 5.74) is 2.43. The van der Waals surface area contributed by atoms with Crippen molar-refractivity contribution in [2.75, 3.05) is 34.3 Å². The van der Waals surface area contributed by atoms with E-state index in [1.165, 1.54) is 5.56 Å². The number of carbonyl (C=O) groups excluding carboxylic acids is 1. The lowest BCUT2D eigenvalue weighted by atomic mass is 10.0. The summed E-state index contributed by atoms with van der Waals surface area (Å²) in [6, 6.07) is 18.4. The lowest BCUT2D eigenvalue weighted by Crippen LogP contribution is -2.41. The average Bonchev–Trinajstić information content (AvgIpc) is 2.76. The minimum atomic E-state index is -0.0326. The predicted octanol–water partition coefficient (Wildman–Crippen LogP) is 3.26. The lowest BCUT2D eigenvalue weighted by molar-refractivity contribution is -0.127. The second kappa shape index (κ2) is 11.9. The molecule has 0 spiro atoms. The number of nitrogens with zero attached hydrogens (tertiary/aromatic N) is 2. The standard InChI is InChI=1S/C24H34N4O2/c1-18(15-20-11-13-22(30-5)14-12-20)16-25-24(26-17-23(29)28(3)4)27-19(2)21-9-7-6-8-10-21/h6-14,18-19H,15-17H2,1-5H3,(H2,25,26,27). The Morgan fingerprint density at radius 1 is 1.07 bits per heavy atom. The molecule has 0 heterocycles. The zero-order valence-corrected chi connectivity index (χ0v) is 18.7. The third kappa shape index (κ3) is 7.78. The van der Waals surface area contributed by atoms with E-state index in [1.54, 1.807) is 26.1 Å². The molecule has 0 aliphatic carbocycles. The summed E-state index contributed by atoms with van der Waals surface area (Å²) < 4.78 is 5.22. The summed E-state index contributed by atoms with van der Waals surface area (Å²) in [5, 5.41) is 6.81. The van der Waals surface area contributed by atoms with Gasteiger partial charge in [0.2, 0.25) is 5.91 Å². The van der Waals surface area contributed by atoms with Crippen LogP contribution >= 0.6 is 0 Å². The average molecular weight is 411 g/mol. The number of guanidine groups is 1. The van der Waals surface area contributed by atoms with E-state index in [4.69, 9.17) is 4.74 Å². The fourth-order valence-corrected chi connectivity index (χ4v) is 2.98. The van der Waals surface area contributed by atoms with Gasteiger partial charge in [0.25, 0.3) is 0 Å². The summed E-state index contributed by atoms with van der Waals surface area (Å²) >= 11 is 0. The Morgan fingerprint density at radius 3 is 2.33 bits per heavy atom. The summed E-state index contributed by atoms with van der Waals surface area (Å²) in [6.45, 7) is 5.13. The van der Waals surface area contributed by atoms with Gasteiger partial charge in [0, 0.05) is 20.6 Å². The van der Waals surface area contributed by atoms with Crippen LogP contribution in [0.4, 0.5) is 0 Å². The van der Waals surface area contributed by atoms with Crippen LogP contribution in [0.2, 0.25) is 0 Å². The zero-order valence-electron chi connectivity index (χ0n) is 18.7. The van der Waals surface area contributed by atoms with Gasteiger partial charge in [-0.3, -0.25) is 4.79 Å². The minimum absolute atomic E-state index is 0.0326. The van der Waals surface area contributed by atoms with Crippen LogP contribution in [-0.2, 0) is 11.2 Å². The van der Waals surface area contributed by atoms with Crippen molar-refractivity contribution in [3.8, 4) is 5.75 Å². The topological polar surface area (TPSA) is 66.0 Å². The molecule has 6 nitrogen and oxygen atoms in total. The van der Waals surface area contributed by atoms with E-state index in [1.807, 2.05) is 30.3 Å². The molecule has 6 heteroatoms. The smallest absolute Gasteiger partial charge is 0.243 e. The third-order valence-electron chi connectivity index (χ3n) is 4.89. The second-order valence-corrected chi connectivity index (χ2v) is 7.77. The first-order valence-corrected chi connectivity index (χ1v) is 10.3. The number of likely N-dealkylation sites (N-methyl/N-ethyl adjacent to an activating group) is 1. The van der Waals surface area contributed by atoms with Gasteiger partial charge in [-0.05, 0) is 42.5 Å². The van der Waals surface area contributed by atoms with Crippen molar-refractivity contribution in [2.24, 2.45) is 10.9 Å². The van der Waals surface area contributed by atoms with Crippen LogP contribution in [0, 0.1) is 5.92 Å². The maximum absolute atomic E-state index is 12.0. The van der Waals surface area contributed by atoms with Crippen LogP contribution in [0.3, 0.4) is 0 Å². The Hall–Kier alpha value is -3.02. The van der Waals surface area contributed by atoms with Crippen molar-refractivity contribution in [1.82, 2.24) is 15.5 Å².